The van der Waals surface area contributed by atoms with E-state index < -0.39 is 25.1 Å². The molecule has 94 valence electrons. The maximum absolute atomic E-state index is 13.0. The van der Waals surface area contributed by atoms with Crippen LogP contribution in [0.4, 0.5) is 4.39 Å². The Morgan fingerprint density at radius 3 is 2.53 bits per heavy atom. The minimum absolute atomic E-state index is 0.0291. The summed E-state index contributed by atoms with van der Waals surface area (Å²) in [6, 6.07) is 4.96. The summed E-state index contributed by atoms with van der Waals surface area (Å²) in [5.41, 5.74) is 0.0291. The zero-order valence-electron chi connectivity index (χ0n) is 9.41. The fourth-order valence-electron chi connectivity index (χ4n) is 1.30. The molecule has 0 fully saturated rings. The van der Waals surface area contributed by atoms with Crippen LogP contribution in [0.1, 0.15) is 24.2 Å². The summed E-state index contributed by atoms with van der Waals surface area (Å²) >= 11 is 2.93. The fourth-order valence-corrected chi connectivity index (χ4v) is 3.16. The molecule has 1 aromatic rings. The first-order chi connectivity index (χ1) is 7.72. The minimum atomic E-state index is -3.61. The molecule has 0 spiro atoms. The van der Waals surface area contributed by atoms with E-state index in [1.54, 1.807) is 0 Å². The van der Waals surface area contributed by atoms with E-state index >= 15 is 0 Å². The fraction of sp³-hybridized carbons (Fsp3) is 0.364. The first-order valence-corrected chi connectivity index (χ1v) is 7.38. The Bertz CT molecular complexity index is 537. The second-order valence-corrected chi connectivity index (χ2v) is 8.39. The van der Waals surface area contributed by atoms with E-state index in [4.69, 9.17) is 0 Å². The number of Topliss-reactive ketones (excluding diaryl/α,β-unsaturated/α-hetero) is 1. The lowest BCUT2D eigenvalue weighted by Crippen LogP contribution is -2.38. The Morgan fingerprint density at radius 2 is 2.06 bits per heavy atom. The van der Waals surface area contributed by atoms with E-state index in [2.05, 4.69) is 15.9 Å². The van der Waals surface area contributed by atoms with Crippen molar-refractivity contribution in [3.05, 3.63) is 35.6 Å². The maximum Gasteiger partial charge on any atom is 0.194 e. The number of sulfone groups is 1. The normalized spacial score (nSPS) is 15.3. The monoisotopic (exact) mass is 322 g/mol. The first kappa shape index (κ1) is 14.3. The van der Waals surface area contributed by atoms with Crippen LogP contribution >= 0.6 is 15.9 Å². The molecule has 1 rings (SSSR count). The predicted molar refractivity (Wildman–Crippen MR) is 67.5 cm³/mol. The second kappa shape index (κ2) is 4.86. The van der Waals surface area contributed by atoms with Gasteiger partial charge >= 0.3 is 0 Å². The van der Waals surface area contributed by atoms with Crippen molar-refractivity contribution in [1.29, 1.82) is 0 Å². The molecule has 0 saturated heterocycles. The van der Waals surface area contributed by atoms with E-state index in [1.165, 1.54) is 32.0 Å². The third kappa shape index (κ3) is 2.74. The number of hydrogen-bond acceptors (Lipinski definition) is 3. The Morgan fingerprint density at radius 1 is 1.47 bits per heavy atom. The SMILES string of the molecule is CCS(=O)(=O)[C@](C)(Br)C(=O)c1cccc(F)c1. The second-order valence-electron chi connectivity index (χ2n) is 3.66. The number of carbonyl (C=O) groups is 1. The van der Waals surface area contributed by atoms with Crippen molar-refractivity contribution in [2.45, 2.75) is 17.5 Å². The van der Waals surface area contributed by atoms with Crippen molar-refractivity contribution < 1.29 is 17.6 Å². The molecule has 0 heterocycles. The van der Waals surface area contributed by atoms with Gasteiger partial charge in [0.2, 0.25) is 0 Å². The molecule has 0 bridgehead atoms. The molecule has 0 aromatic heterocycles. The van der Waals surface area contributed by atoms with Crippen molar-refractivity contribution in [3.8, 4) is 0 Å². The Kier molecular flexibility index (Phi) is 4.09. The van der Waals surface area contributed by atoms with Crippen LogP contribution in [0.5, 0.6) is 0 Å². The predicted octanol–water partition coefficient (Wildman–Crippen LogP) is 2.55. The molecule has 0 radical (unpaired) electrons. The minimum Gasteiger partial charge on any atom is -0.291 e. The zero-order valence-corrected chi connectivity index (χ0v) is 11.8. The summed E-state index contributed by atoms with van der Waals surface area (Å²) < 4.78 is 34.8. The highest BCUT2D eigenvalue weighted by molar-refractivity contribution is 9.12. The molecular formula is C11H12BrFO3S. The number of ketones is 1. The highest BCUT2D eigenvalue weighted by atomic mass is 79.9. The van der Waals surface area contributed by atoms with Gasteiger partial charge in [-0.1, -0.05) is 35.0 Å². The van der Waals surface area contributed by atoms with Gasteiger partial charge in [0.05, 0.1) is 0 Å². The van der Waals surface area contributed by atoms with E-state index in [9.17, 15) is 17.6 Å². The lowest BCUT2D eigenvalue weighted by atomic mass is 10.1. The molecule has 0 saturated carbocycles. The summed E-state index contributed by atoms with van der Waals surface area (Å²) in [6.07, 6.45) is 0. The Hall–Kier alpha value is -0.750. The van der Waals surface area contributed by atoms with Crippen molar-refractivity contribution >= 4 is 31.6 Å². The van der Waals surface area contributed by atoms with Crippen molar-refractivity contribution in [1.82, 2.24) is 0 Å². The average Bonchev–Trinajstić information content (AvgIpc) is 2.27. The number of rotatable bonds is 4. The molecule has 0 aliphatic heterocycles. The third-order valence-electron chi connectivity index (χ3n) is 2.46. The number of carbonyl (C=O) groups excluding carboxylic acids is 1. The van der Waals surface area contributed by atoms with Gasteiger partial charge in [-0.2, -0.15) is 0 Å². The van der Waals surface area contributed by atoms with Crippen LogP contribution in [0.15, 0.2) is 24.3 Å². The van der Waals surface area contributed by atoms with Crippen LogP contribution in [-0.4, -0.2) is 23.6 Å². The standard InChI is InChI=1S/C11H12BrFO3S/c1-3-17(15,16)11(2,12)10(14)8-5-4-6-9(13)7-8/h4-7H,3H2,1-2H3/t11-/m0/s1. The molecule has 0 aliphatic rings. The van der Waals surface area contributed by atoms with Gasteiger partial charge in [-0.05, 0) is 19.1 Å². The van der Waals surface area contributed by atoms with Gasteiger partial charge in [-0.25, -0.2) is 12.8 Å². The number of hydrogen-bond donors (Lipinski definition) is 0. The van der Waals surface area contributed by atoms with Crippen molar-refractivity contribution in [3.63, 3.8) is 0 Å². The Labute approximate surface area is 108 Å². The molecule has 1 atom stereocenters. The average molecular weight is 323 g/mol. The first-order valence-electron chi connectivity index (χ1n) is 4.94. The van der Waals surface area contributed by atoms with Gasteiger partial charge in [-0.3, -0.25) is 4.79 Å². The summed E-state index contributed by atoms with van der Waals surface area (Å²) in [4.78, 5) is 12.0. The molecular weight excluding hydrogens is 311 g/mol. The highest BCUT2D eigenvalue weighted by Gasteiger charge is 2.42. The van der Waals surface area contributed by atoms with Crippen LogP contribution in [-0.2, 0) is 9.84 Å². The topological polar surface area (TPSA) is 51.2 Å². The van der Waals surface area contributed by atoms with Gasteiger partial charge in [0.15, 0.2) is 19.3 Å². The molecule has 6 heteroatoms. The van der Waals surface area contributed by atoms with Crippen molar-refractivity contribution in [2.24, 2.45) is 0 Å². The number of halogens is 2. The highest BCUT2D eigenvalue weighted by Crippen LogP contribution is 2.30. The van der Waals surface area contributed by atoms with Gasteiger partial charge in [0, 0.05) is 11.3 Å². The third-order valence-corrected chi connectivity index (χ3v) is 6.41. The zero-order chi connectivity index (χ0) is 13.3. The molecule has 0 N–H and O–H groups in total. The summed E-state index contributed by atoms with van der Waals surface area (Å²) in [5.74, 6) is -1.41. The van der Waals surface area contributed by atoms with Crippen LogP contribution in [0.2, 0.25) is 0 Å². The van der Waals surface area contributed by atoms with Gasteiger partial charge in [-0.15, -0.1) is 0 Å². The van der Waals surface area contributed by atoms with Gasteiger partial charge in [0.1, 0.15) is 5.82 Å². The Balaban J connectivity index is 3.23. The molecule has 3 nitrogen and oxygen atoms in total. The molecule has 0 unspecified atom stereocenters. The molecule has 0 aliphatic carbocycles. The van der Waals surface area contributed by atoms with Gasteiger partial charge in [0.25, 0.3) is 0 Å². The van der Waals surface area contributed by atoms with Crippen LogP contribution in [0.3, 0.4) is 0 Å². The van der Waals surface area contributed by atoms with E-state index in [1.807, 2.05) is 0 Å². The van der Waals surface area contributed by atoms with Crippen LogP contribution < -0.4 is 0 Å². The summed E-state index contributed by atoms with van der Waals surface area (Å²) in [5, 5.41) is 0. The smallest absolute Gasteiger partial charge is 0.194 e. The lowest BCUT2D eigenvalue weighted by molar-refractivity contribution is 0.0982. The number of benzene rings is 1. The molecule has 0 amide bonds. The molecule has 1 aromatic carbocycles. The van der Waals surface area contributed by atoms with E-state index in [0.717, 1.165) is 6.07 Å². The van der Waals surface area contributed by atoms with Crippen LogP contribution in [0.25, 0.3) is 0 Å². The summed E-state index contributed by atoms with van der Waals surface area (Å²) in [7, 11) is -3.61. The lowest BCUT2D eigenvalue weighted by Gasteiger charge is -2.20. The van der Waals surface area contributed by atoms with E-state index in [0.29, 0.717) is 0 Å². The van der Waals surface area contributed by atoms with Crippen LogP contribution in [0, 0.1) is 5.82 Å². The summed E-state index contributed by atoms with van der Waals surface area (Å²) in [6.45, 7) is 2.72. The van der Waals surface area contributed by atoms with E-state index in [-0.39, 0.29) is 11.3 Å². The van der Waals surface area contributed by atoms with Gasteiger partial charge < -0.3 is 0 Å². The number of alkyl halides is 1. The van der Waals surface area contributed by atoms with Crippen molar-refractivity contribution in [2.75, 3.05) is 5.75 Å². The molecule has 17 heavy (non-hydrogen) atoms. The maximum atomic E-state index is 13.0. The quantitative estimate of drug-likeness (QED) is 0.632. The largest absolute Gasteiger partial charge is 0.291 e.